The van der Waals surface area contributed by atoms with E-state index in [9.17, 15) is 18.0 Å². The lowest BCUT2D eigenvalue weighted by molar-refractivity contribution is -0.137. The molecule has 0 aliphatic rings. The van der Waals surface area contributed by atoms with Crippen LogP contribution >= 0.6 is 0 Å². The SMILES string of the molecule is CCCc1noc(-c2ccnc(-n3cnc(C(=O)NCc4cccc(C(F)(F)F)c4)c3)c2)n1. The minimum atomic E-state index is -4.45. The summed E-state index contributed by atoms with van der Waals surface area (Å²) in [6.07, 6.45) is 1.63. The van der Waals surface area contributed by atoms with Gasteiger partial charge in [-0.25, -0.2) is 9.97 Å². The van der Waals surface area contributed by atoms with E-state index in [2.05, 4.69) is 25.4 Å². The number of nitrogens with one attached hydrogen (secondary N) is 1. The number of aromatic nitrogens is 5. The van der Waals surface area contributed by atoms with Gasteiger partial charge in [-0.05, 0) is 36.2 Å². The lowest BCUT2D eigenvalue weighted by Crippen LogP contribution is -2.23. The first kappa shape index (κ1) is 22.2. The van der Waals surface area contributed by atoms with Crippen LogP contribution < -0.4 is 5.32 Å². The molecule has 0 saturated carbocycles. The molecule has 0 spiro atoms. The topological polar surface area (TPSA) is 98.7 Å². The summed E-state index contributed by atoms with van der Waals surface area (Å²) in [7, 11) is 0. The second-order valence-electron chi connectivity index (χ2n) is 7.22. The van der Waals surface area contributed by atoms with Crippen LogP contribution in [0.4, 0.5) is 13.2 Å². The van der Waals surface area contributed by atoms with Crippen molar-refractivity contribution < 1.29 is 22.5 Å². The van der Waals surface area contributed by atoms with Crippen LogP contribution in [0.15, 0.2) is 59.6 Å². The molecule has 0 aliphatic heterocycles. The van der Waals surface area contributed by atoms with Gasteiger partial charge in [0, 0.05) is 30.9 Å². The third-order valence-electron chi connectivity index (χ3n) is 4.72. The van der Waals surface area contributed by atoms with Crippen molar-refractivity contribution in [3.8, 4) is 17.3 Å². The van der Waals surface area contributed by atoms with E-state index in [1.54, 1.807) is 22.9 Å². The Morgan fingerprint density at radius 3 is 2.82 bits per heavy atom. The molecule has 11 heteroatoms. The average molecular weight is 456 g/mol. The first-order valence-corrected chi connectivity index (χ1v) is 10.1. The molecule has 8 nitrogen and oxygen atoms in total. The molecule has 1 amide bonds. The van der Waals surface area contributed by atoms with Gasteiger partial charge in [-0.1, -0.05) is 24.2 Å². The highest BCUT2D eigenvalue weighted by Crippen LogP contribution is 2.29. The minimum Gasteiger partial charge on any atom is -0.347 e. The van der Waals surface area contributed by atoms with E-state index in [1.165, 1.54) is 24.7 Å². The first-order chi connectivity index (χ1) is 15.8. The zero-order chi connectivity index (χ0) is 23.4. The number of pyridine rings is 1. The Morgan fingerprint density at radius 1 is 1.18 bits per heavy atom. The number of alkyl halides is 3. The van der Waals surface area contributed by atoms with E-state index in [0.29, 0.717) is 35.1 Å². The second kappa shape index (κ2) is 9.23. The van der Waals surface area contributed by atoms with E-state index in [1.807, 2.05) is 6.92 Å². The molecular weight excluding hydrogens is 437 g/mol. The summed E-state index contributed by atoms with van der Waals surface area (Å²) in [5, 5.41) is 6.51. The summed E-state index contributed by atoms with van der Waals surface area (Å²) in [6.45, 7) is 1.95. The second-order valence-corrected chi connectivity index (χ2v) is 7.22. The Balaban J connectivity index is 1.45. The van der Waals surface area contributed by atoms with Crippen LogP contribution in [0.3, 0.4) is 0 Å². The zero-order valence-electron chi connectivity index (χ0n) is 17.5. The number of halogens is 3. The number of benzene rings is 1. The maximum atomic E-state index is 12.8. The Hall–Kier alpha value is -4.02. The molecule has 1 N–H and O–H groups in total. The number of hydrogen-bond donors (Lipinski definition) is 1. The van der Waals surface area contributed by atoms with Crippen molar-refractivity contribution >= 4 is 5.91 Å². The van der Waals surface area contributed by atoms with Crippen LogP contribution in [0.5, 0.6) is 0 Å². The number of hydrogen-bond acceptors (Lipinski definition) is 6. The summed E-state index contributed by atoms with van der Waals surface area (Å²) in [5.41, 5.74) is 0.317. The first-order valence-electron chi connectivity index (χ1n) is 10.1. The predicted octanol–water partition coefficient (Wildman–Crippen LogP) is 4.22. The van der Waals surface area contributed by atoms with Gasteiger partial charge in [0.05, 0.1) is 5.56 Å². The van der Waals surface area contributed by atoms with Gasteiger partial charge in [-0.15, -0.1) is 0 Å². The van der Waals surface area contributed by atoms with Crippen molar-refractivity contribution in [3.63, 3.8) is 0 Å². The number of imidazole rings is 1. The Kier molecular flexibility index (Phi) is 6.20. The molecule has 4 aromatic rings. The minimum absolute atomic E-state index is 0.0688. The summed E-state index contributed by atoms with van der Waals surface area (Å²) < 4.78 is 45.4. The number of carbonyl (C=O) groups is 1. The fourth-order valence-electron chi connectivity index (χ4n) is 3.08. The third kappa shape index (κ3) is 5.25. The van der Waals surface area contributed by atoms with Crippen LogP contribution in [0.25, 0.3) is 17.3 Å². The highest BCUT2D eigenvalue weighted by atomic mass is 19.4. The van der Waals surface area contributed by atoms with Gasteiger partial charge in [0.25, 0.3) is 11.8 Å². The molecule has 0 fully saturated rings. The van der Waals surface area contributed by atoms with Crippen molar-refractivity contribution in [1.82, 2.24) is 30.0 Å². The van der Waals surface area contributed by atoms with E-state index >= 15 is 0 Å². The highest BCUT2D eigenvalue weighted by Gasteiger charge is 2.30. The van der Waals surface area contributed by atoms with Gasteiger partial charge in [0.1, 0.15) is 17.8 Å². The number of aryl methyl sites for hydroxylation is 1. The lowest BCUT2D eigenvalue weighted by atomic mass is 10.1. The van der Waals surface area contributed by atoms with E-state index in [0.717, 1.165) is 18.6 Å². The molecule has 0 aliphatic carbocycles. The van der Waals surface area contributed by atoms with Crippen molar-refractivity contribution in [1.29, 1.82) is 0 Å². The average Bonchev–Trinajstić information content (AvgIpc) is 3.48. The smallest absolute Gasteiger partial charge is 0.347 e. The fraction of sp³-hybridized carbons (Fsp3) is 0.227. The zero-order valence-corrected chi connectivity index (χ0v) is 17.5. The van der Waals surface area contributed by atoms with Crippen LogP contribution in [0.2, 0.25) is 0 Å². The number of carbonyl (C=O) groups excluding carboxylic acids is 1. The van der Waals surface area contributed by atoms with E-state index in [-0.39, 0.29) is 12.2 Å². The summed E-state index contributed by atoms with van der Waals surface area (Å²) in [4.78, 5) is 25.1. The molecule has 4 rings (SSSR count). The molecule has 170 valence electrons. The van der Waals surface area contributed by atoms with Gasteiger partial charge in [0.15, 0.2) is 5.82 Å². The van der Waals surface area contributed by atoms with Gasteiger partial charge >= 0.3 is 6.18 Å². The van der Waals surface area contributed by atoms with E-state index in [4.69, 9.17) is 4.52 Å². The normalized spacial score (nSPS) is 11.5. The summed E-state index contributed by atoms with van der Waals surface area (Å²) >= 11 is 0. The van der Waals surface area contributed by atoms with Crippen LogP contribution in [0.1, 0.15) is 40.8 Å². The molecule has 3 aromatic heterocycles. The maximum absolute atomic E-state index is 12.8. The van der Waals surface area contributed by atoms with Crippen molar-refractivity contribution in [2.75, 3.05) is 0 Å². The largest absolute Gasteiger partial charge is 0.416 e. The monoisotopic (exact) mass is 456 g/mol. The standard InChI is InChI=1S/C22H19F3N6O2/c1-2-4-18-29-21(33-30-18)15-7-8-26-19(10-15)31-12-17(28-13-31)20(32)27-11-14-5-3-6-16(9-14)22(23,24)25/h3,5-10,12-13H,2,4,11H2,1H3,(H,27,32). The van der Waals surface area contributed by atoms with E-state index < -0.39 is 17.6 Å². The molecule has 1 aromatic carbocycles. The van der Waals surface area contributed by atoms with Gasteiger partial charge in [0.2, 0.25) is 0 Å². The molecule has 33 heavy (non-hydrogen) atoms. The Bertz CT molecular complexity index is 1260. The molecular formula is C22H19F3N6O2. The number of rotatable bonds is 7. The quantitative estimate of drug-likeness (QED) is 0.447. The van der Waals surface area contributed by atoms with Crippen molar-refractivity contribution in [2.24, 2.45) is 0 Å². The van der Waals surface area contributed by atoms with Crippen LogP contribution in [0, 0.1) is 0 Å². The summed E-state index contributed by atoms with van der Waals surface area (Å²) in [5.74, 6) is 0.935. The van der Waals surface area contributed by atoms with Gasteiger partial charge in [-0.2, -0.15) is 18.2 Å². The molecule has 0 bridgehead atoms. The number of amides is 1. The number of nitrogens with zero attached hydrogens (tertiary/aromatic N) is 5. The Labute approximate surface area is 186 Å². The maximum Gasteiger partial charge on any atom is 0.416 e. The third-order valence-corrected chi connectivity index (χ3v) is 4.72. The molecule has 0 atom stereocenters. The predicted molar refractivity (Wildman–Crippen MR) is 111 cm³/mol. The molecule has 0 saturated heterocycles. The van der Waals surface area contributed by atoms with Crippen molar-refractivity contribution in [3.05, 3.63) is 77.8 Å². The summed E-state index contributed by atoms with van der Waals surface area (Å²) in [6, 6.07) is 8.23. The lowest BCUT2D eigenvalue weighted by Gasteiger charge is -2.09. The molecule has 0 radical (unpaired) electrons. The molecule has 0 unspecified atom stereocenters. The van der Waals surface area contributed by atoms with Crippen LogP contribution in [-0.2, 0) is 19.1 Å². The van der Waals surface area contributed by atoms with Gasteiger partial charge in [-0.3, -0.25) is 9.36 Å². The fourth-order valence-corrected chi connectivity index (χ4v) is 3.08. The van der Waals surface area contributed by atoms with Gasteiger partial charge < -0.3 is 9.84 Å². The highest BCUT2D eigenvalue weighted by molar-refractivity contribution is 5.92. The van der Waals surface area contributed by atoms with Crippen molar-refractivity contribution in [2.45, 2.75) is 32.5 Å². The molecule has 3 heterocycles. The van der Waals surface area contributed by atoms with Crippen LogP contribution in [-0.4, -0.2) is 30.6 Å². The Morgan fingerprint density at radius 2 is 2.03 bits per heavy atom.